The van der Waals surface area contributed by atoms with Crippen molar-refractivity contribution >= 4 is 29.7 Å². The summed E-state index contributed by atoms with van der Waals surface area (Å²) in [5.41, 5.74) is 2.12. The highest BCUT2D eigenvalue weighted by molar-refractivity contribution is 6.30. The second-order valence-electron chi connectivity index (χ2n) is 6.88. The molecule has 0 unspecified atom stereocenters. The monoisotopic (exact) mass is 433 g/mol. The van der Waals surface area contributed by atoms with Crippen LogP contribution in [0, 0.1) is 0 Å². The molecule has 1 saturated heterocycles. The lowest BCUT2D eigenvalue weighted by atomic mass is 10.2. The number of para-hydroxylation sites is 1. The Balaban J connectivity index is 0.00000240. The molecule has 154 valence electrons. The smallest absolute Gasteiger partial charge is 0.134 e. The number of piperazine rings is 1. The van der Waals surface area contributed by atoms with Crippen molar-refractivity contribution in [3.05, 3.63) is 71.5 Å². The molecule has 1 aliphatic heterocycles. The Labute approximate surface area is 182 Å². The third-order valence-electron chi connectivity index (χ3n) is 4.91. The number of aromatic nitrogens is 3. The Kier molecular flexibility index (Phi) is 7.75. The largest absolute Gasteiger partial charge is 0.487 e. The van der Waals surface area contributed by atoms with E-state index in [1.54, 1.807) is 6.07 Å². The van der Waals surface area contributed by atoms with E-state index in [1.807, 2.05) is 29.1 Å². The summed E-state index contributed by atoms with van der Waals surface area (Å²) in [6.45, 7) is 6.43. The fourth-order valence-electron chi connectivity index (χ4n) is 3.34. The van der Waals surface area contributed by atoms with Gasteiger partial charge in [0, 0.05) is 43.4 Å². The first-order valence-electron chi connectivity index (χ1n) is 9.56. The summed E-state index contributed by atoms with van der Waals surface area (Å²) in [5.74, 6) is 0.735. The van der Waals surface area contributed by atoms with Crippen LogP contribution in [0.15, 0.2) is 60.8 Å². The van der Waals surface area contributed by atoms with Crippen LogP contribution in [0.3, 0.4) is 0 Å². The summed E-state index contributed by atoms with van der Waals surface area (Å²) >= 11 is 5.97. The first kappa shape index (κ1) is 21.4. The second-order valence-corrected chi connectivity index (χ2v) is 7.32. The van der Waals surface area contributed by atoms with Crippen molar-refractivity contribution < 1.29 is 4.74 Å². The van der Waals surface area contributed by atoms with Gasteiger partial charge in [0.1, 0.15) is 18.1 Å². The molecule has 6 nitrogen and oxygen atoms in total. The van der Waals surface area contributed by atoms with Crippen LogP contribution in [0.5, 0.6) is 5.75 Å². The minimum absolute atomic E-state index is 0. The first-order chi connectivity index (χ1) is 13.8. The lowest BCUT2D eigenvalue weighted by Gasteiger charge is -2.36. The Morgan fingerprint density at radius 3 is 2.48 bits per heavy atom. The number of rotatable bonds is 7. The van der Waals surface area contributed by atoms with Gasteiger partial charge in [0.25, 0.3) is 0 Å². The first-order valence-corrected chi connectivity index (χ1v) is 9.94. The Bertz CT molecular complexity index is 882. The van der Waals surface area contributed by atoms with Gasteiger partial charge in [-0.25, -0.2) is 0 Å². The average molecular weight is 434 g/mol. The maximum atomic E-state index is 5.97. The summed E-state index contributed by atoms with van der Waals surface area (Å²) < 4.78 is 7.61. The van der Waals surface area contributed by atoms with E-state index in [4.69, 9.17) is 16.3 Å². The molecule has 0 atom stereocenters. The van der Waals surface area contributed by atoms with Gasteiger partial charge in [-0.05, 0) is 30.3 Å². The highest BCUT2D eigenvalue weighted by Crippen LogP contribution is 2.18. The average Bonchev–Trinajstić information content (AvgIpc) is 3.20. The summed E-state index contributed by atoms with van der Waals surface area (Å²) in [4.78, 5) is 4.92. The van der Waals surface area contributed by atoms with Crippen molar-refractivity contribution in [2.24, 2.45) is 0 Å². The molecule has 0 spiro atoms. The number of hydrogen-bond acceptors (Lipinski definition) is 5. The van der Waals surface area contributed by atoms with Crippen molar-refractivity contribution in [2.45, 2.75) is 13.2 Å². The number of ether oxygens (including phenoxy) is 1. The van der Waals surface area contributed by atoms with E-state index in [1.165, 1.54) is 5.69 Å². The van der Waals surface area contributed by atoms with Crippen molar-refractivity contribution in [2.75, 3.05) is 37.6 Å². The van der Waals surface area contributed by atoms with Gasteiger partial charge in [0.15, 0.2) is 0 Å². The molecule has 0 saturated carbocycles. The molecule has 1 aliphatic rings. The predicted molar refractivity (Wildman–Crippen MR) is 118 cm³/mol. The van der Waals surface area contributed by atoms with E-state index in [9.17, 15) is 0 Å². The molecule has 2 heterocycles. The van der Waals surface area contributed by atoms with Gasteiger partial charge in [0.2, 0.25) is 0 Å². The molecule has 29 heavy (non-hydrogen) atoms. The van der Waals surface area contributed by atoms with Crippen molar-refractivity contribution in [3.63, 3.8) is 0 Å². The predicted octanol–water partition coefficient (Wildman–Crippen LogP) is 3.75. The zero-order valence-electron chi connectivity index (χ0n) is 16.2. The van der Waals surface area contributed by atoms with E-state index in [-0.39, 0.29) is 12.4 Å². The molecule has 1 fully saturated rings. The Morgan fingerprint density at radius 2 is 1.72 bits per heavy atom. The number of anilines is 1. The zero-order chi connectivity index (χ0) is 19.2. The number of halogens is 2. The van der Waals surface area contributed by atoms with Crippen molar-refractivity contribution in [1.29, 1.82) is 0 Å². The zero-order valence-corrected chi connectivity index (χ0v) is 17.7. The molecule has 8 heteroatoms. The molecule has 4 rings (SSSR count). The van der Waals surface area contributed by atoms with Gasteiger partial charge < -0.3 is 9.64 Å². The molecule has 1 aromatic heterocycles. The van der Waals surface area contributed by atoms with Crippen LogP contribution in [0.25, 0.3) is 0 Å². The van der Waals surface area contributed by atoms with E-state index in [0.717, 1.165) is 50.7 Å². The van der Waals surface area contributed by atoms with Crippen molar-refractivity contribution in [1.82, 2.24) is 19.9 Å². The van der Waals surface area contributed by atoms with Crippen LogP contribution < -0.4 is 9.64 Å². The van der Waals surface area contributed by atoms with Crippen molar-refractivity contribution in [3.8, 4) is 5.75 Å². The van der Waals surface area contributed by atoms with Gasteiger partial charge in [-0.3, -0.25) is 9.58 Å². The normalized spacial score (nSPS) is 14.4. The fraction of sp³-hybridized carbons (Fsp3) is 0.333. The molecule has 0 aliphatic carbocycles. The molecule has 0 amide bonds. The maximum Gasteiger partial charge on any atom is 0.134 e. The highest BCUT2D eigenvalue weighted by Gasteiger charge is 2.17. The van der Waals surface area contributed by atoms with Gasteiger partial charge >= 0.3 is 0 Å². The van der Waals surface area contributed by atoms with Gasteiger partial charge in [0.05, 0.1) is 12.7 Å². The molecular weight excluding hydrogens is 409 g/mol. The molecular formula is C21H25Cl2N5O. The lowest BCUT2D eigenvalue weighted by molar-refractivity contribution is 0.243. The summed E-state index contributed by atoms with van der Waals surface area (Å²) in [5, 5.41) is 9.07. The SMILES string of the molecule is Cl.Clc1cccc(OCc2cn(CCN3CCN(c4ccccc4)CC3)nn2)c1. The highest BCUT2D eigenvalue weighted by atomic mass is 35.5. The molecule has 0 bridgehead atoms. The van der Waals surface area contributed by atoms with Crippen LogP contribution in [-0.2, 0) is 13.2 Å². The van der Waals surface area contributed by atoms with Gasteiger partial charge in [-0.2, -0.15) is 0 Å². The van der Waals surface area contributed by atoms with Crippen LogP contribution in [0.2, 0.25) is 5.02 Å². The third-order valence-corrected chi connectivity index (χ3v) is 5.14. The Hall–Kier alpha value is -2.28. The van der Waals surface area contributed by atoms with Gasteiger partial charge in [-0.15, -0.1) is 17.5 Å². The van der Waals surface area contributed by atoms with Crippen LogP contribution in [0.4, 0.5) is 5.69 Å². The fourth-order valence-corrected chi connectivity index (χ4v) is 3.52. The topological polar surface area (TPSA) is 46.4 Å². The molecule has 3 aromatic rings. The van der Waals surface area contributed by atoms with E-state index < -0.39 is 0 Å². The van der Waals surface area contributed by atoms with E-state index in [2.05, 4.69) is 50.4 Å². The molecule has 0 N–H and O–H groups in total. The van der Waals surface area contributed by atoms with E-state index in [0.29, 0.717) is 11.6 Å². The standard InChI is InChI=1S/C21H24ClN5O.ClH/c22-18-5-4-8-21(15-18)28-17-19-16-27(24-23-19)14-11-25-9-12-26(13-10-25)20-6-2-1-3-7-20;/h1-8,15-16H,9-14,17H2;1H. The number of benzene rings is 2. The lowest BCUT2D eigenvalue weighted by Crippen LogP contribution is -2.47. The quantitative estimate of drug-likeness (QED) is 0.567. The molecule has 0 radical (unpaired) electrons. The Morgan fingerprint density at radius 1 is 0.931 bits per heavy atom. The summed E-state index contributed by atoms with van der Waals surface area (Å²) in [7, 11) is 0. The van der Waals surface area contributed by atoms with E-state index >= 15 is 0 Å². The van der Waals surface area contributed by atoms with Crippen LogP contribution in [-0.4, -0.2) is 52.6 Å². The van der Waals surface area contributed by atoms with Gasteiger partial charge in [-0.1, -0.05) is 41.1 Å². The minimum atomic E-state index is 0. The number of hydrogen-bond donors (Lipinski definition) is 0. The van der Waals surface area contributed by atoms with Crippen LogP contribution >= 0.6 is 24.0 Å². The minimum Gasteiger partial charge on any atom is -0.487 e. The summed E-state index contributed by atoms with van der Waals surface area (Å²) in [6, 6.07) is 18.0. The second kappa shape index (κ2) is 10.5. The maximum absolute atomic E-state index is 5.97. The number of nitrogens with zero attached hydrogens (tertiary/aromatic N) is 5. The molecule has 2 aromatic carbocycles. The third kappa shape index (κ3) is 6.10. The summed E-state index contributed by atoms with van der Waals surface area (Å²) in [6.07, 6.45) is 1.95. The van der Waals surface area contributed by atoms with Crippen LogP contribution in [0.1, 0.15) is 5.69 Å².